The third-order valence-corrected chi connectivity index (χ3v) is 3.25. The van der Waals surface area contributed by atoms with Gasteiger partial charge < -0.3 is 5.32 Å². The molecule has 0 aromatic carbocycles. The number of hydrogen-bond donors (Lipinski definition) is 1. The molecule has 1 unspecified atom stereocenters. The molecule has 0 saturated heterocycles. The Balaban J connectivity index is 2.37. The maximum atomic E-state index is 4.42. The van der Waals surface area contributed by atoms with E-state index in [0.717, 1.165) is 29.0 Å². The molecule has 2 aromatic rings. The van der Waals surface area contributed by atoms with Gasteiger partial charge >= 0.3 is 0 Å². The summed E-state index contributed by atoms with van der Waals surface area (Å²) in [5.74, 6) is 0. The van der Waals surface area contributed by atoms with E-state index in [1.165, 1.54) is 0 Å². The predicted octanol–water partition coefficient (Wildman–Crippen LogP) is 2.06. The number of hydrogen-bond acceptors (Lipinski definition) is 4. The Morgan fingerprint density at radius 2 is 2.28 bits per heavy atom. The van der Waals surface area contributed by atoms with Crippen molar-refractivity contribution in [3.05, 3.63) is 40.4 Å². The van der Waals surface area contributed by atoms with Crippen molar-refractivity contribution in [2.45, 2.75) is 19.4 Å². The third-order valence-electron chi connectivity index (χ3n) is 2.68. The van der Waals surface area contributed by atoms with Crippen molar-refractivity contribution in [3.8, 4) is 0 Å². The second-order valence-electron chi connectivity index (χ2n) is 4.03. The molecule has 96 valence electrons. The van der Waals surface area contributed by atoms with Crippen LogP contribution in [0.1, 0.15) is 30.8 Å². The Labute approximate surface area is 115 Å². The minimum absolute atomic E-state index is 0.000486. The van der Waals surface area contributed by atoms with Gasteiger partial charge in [-0.1, -0.05) is 18.2 Å². The highest BCUT2D eigenvalue weighted by Gasteiger charge is 2.22. The summed E-state index contributed by atoms with van der Waals surface area (Å²) in [6.07, 6.45) is 2.86. The Hall–Kier alpha value is -1.27. The van der Waals surface area contributed by atoms with E-state index in [1.54, 1.807) is 10.9 Å². The molecule has 1 N–H and O–H groups in total. The average molecular weight is 310 g/mol. The summed E-state index contributed by atoms with van der Waals surface area (Å²) in [4.78, 5) is 4.42. The van der Waals surface area contributed by atoms with Crippen molar-refractivity contribution in [2.75, 3.05) is 6.54 Å². The molecule has 0 aliphatic heterocycles. The topological polar surface area (TPSA) is 55.6 Å². The lowest BCUT2D eigenvalue weighted by molar-refractivity contribution is 0.540. The van der Waals surface area contributed by atoms with Crippen LogP contribution in [-0.4, -0.2) is 26.5 Å². The van der Waals surface area contributed by atoms with Crippen molar-refractivity contribution in [3.63, 3.8) is 0 Å². The molecule has 0 amide bonds. The van der Waals surface area contributed by atoms with Crippen LogP contribution in [0.5, 0.6) is 0 Å². The minimum atomic E-state index is 0.000486. The molecule has 1 atom stereocenters. The van der Waals surface area contributed by atoms with Gasteiger partial charge in [-0.05, 0) is 41.0 Å². The first-order chi connectivity index (χ1) is 8.74. The van der Waals surface area contributed by atoms with Gasteiger partial charge in [-0.3, -0.25) is 4.98 Å². The summed E-state index contributed by atoms with van der Waals surface area (Å²) in [6.45, 7) is 3.05. The fourth-order valence-corrected chi connectivity index (χ4v) is 2.38. The molecule has 18 heavy (non-hydrogen) atoms. The van der Waals surface area contributed by atoms with Crippen molar-refractivity contribution >= 4 is 15.9 Å². The summed E-state index contributed by atoms with van der Waals surface area (Å²) >= 11 is 3.44. The second kappa shape index (κ2) is 6.06. The molecule has 2 rings (SSSR count). The first-order valence-corrected chi connectivity index (χ1v) is 6.72. The number of aryl methyl sites for hydroxylation is 1. The number of aromatic nitrogens is 4. The highest BCUT2D eigenvalue weighted by Crippen LogP contribution is 2.25. The van der Waals surface area contributed by atoms with E-state index in [4.69, 9.17) is 0 Å². The van der Waals surface area contributed by atoms with E-state index in [0.29, 0.717) is 0 Å². The number of pyridine rings is 1. The van der Waals surface area contributed by atoms with E-state index in [1.807, 2.05) is 25.2 Å². The normalized spacial score (nSPS) is 12.6. The Bertz CT molecular complexity index is 477. The van der Waals surface area contributed by atoms with Crippen LogP contribution in [0.15, 0.2) is 29.0 Å². The van der Waals surface area contributed by atoms with Crippen molar-refractivity contribution in [1.82, 2.24) is 25.3 Å². The molecule has 2 heterocycles. The quantitative estimate of drug-likeness (QED) is 0.918. The molecular weight excluding hydrogens is 294 g/mol. The van der Waals surface area contributed by atoms with Crippen molar-refractivity contribution < 1.29 is 0 Å². The Morgan fingerprint density at radius 1 is 1.44 bits per heavy atom. The SMILES string of the molecule is CCCNC(c1ccccn1)c1c(Br)nnn1C. The molecule has 5 nitrogen and oxygen atoms in total. The van der Waals surface area contributed by atoms with Crippen LogP contribution in [0.3, 0.4) is 0 Å². The van der Waals surface area contributed by atoms with Crippen LogP contribution in [-0.2, 0) is 7.05 Å². The van der Waals surface area contributed by atoms with Crippen LogP contribution >= 0.6 is 15.9 Å². The number of rotatable bonds is 5. The monoisotopic (exact) mass is 309 g/mol. The van der Waals surface area contributed by atoms with Crippen molar-refractivity contribution in [1.29, 1.82) is 0 Å². The zero-order chi connectivity index (χ0) is 13.0. The Kier molecular flexibility index (Phi) is 4.43. The molecule has 2 aromatic heterocycles. The van der Waals surface area contributed by atoms with Gasteiger partial charge in [0.05, 0.1) is 17.4 Å². The standard InChI is InChI=1S/C12H16BrN5/c1-3-7-15-10(9-6-4-5-8-14-9)11-12(13)16-17-18(11)2/h4-6,8,10,15H,3,7H2,1-2H3. The summed E-state index contributed by atoms with van der Waals surface area (Å²) in [6, 6.07) is 5.91. The van der Waals surface area contributed by atoms with Gasteiger partial charge in [0.15, 0.2) is 4.60 Å². The van der Waals surface area contributed by atoms with Gasteiger partial charge in [0.25, 0.3) is 0 Å². The molecule has 0 aliphatic carbocycles. The van der Waals surface area contributed by atoms with E-state index in [9.17, 15) is 0 Å². The highest BCUT2D eigenvalue weighted by atomic mass is 79.9. The van der Waals surface area contributed by atoms with E-state index >= 15 is 0 Å². The van der Waals surface area contributed by atoms with Gasteiger partial charge in [0.1, 0.15) is 0 Å². The van der Waals surface area contributed by atoms with Gasteiger partial charge in [-0.25, -0.2) is 4.68 Å². The van der Waals surface area contributed by atoms with E-state index in [2.05, 4.69) is 43.5 Å². The lowest BCUT2D eigenvalue weighted by Crippen LogP contribution is -2.26. The highest BCUT2D eigenvalue weighted by molar-refractivity contribution is 9.10. The summed E-state index contributed by atoms with van der Waals surface area (Å²) in [7, 11) is 1.89. The molecule has 0 saturated carbocycles. The molecule has 0 radical (unpaired) electrons. The molecular formula is C12H16BrN5. The molecule has 0 aliphatic rings. The van der Waals surface area contributed by atoms with E-state index < -0.39 is 0 Å². The zero-order valence-corrected chi connectivity index (χ0v) is 12.1. The minimum Gasteiger partial charge on any atom is -0.304 e. The Morgan fingerprint density at radius 3 is 2.83 bits per heavy atom. The second-order valence-corrected chi connectivity index (χ2v) is 4.78. The largest absolute Gasteiger partial charge is 0.304 e. The maximum absolute atomic E-state index is 4.42. The number of halogens is 1. The van der Waals surface area contributed by atoms with E-state index in [-0.39, 0.29) is 6.04 Å². The molecule has 6 heteroatoms. The van der Waals surface area contributed by atoms with Crippen molar-refractivity contribution in [2.24, 2.45) is 7.05 Å². The molecule has 0 spiro atoms. The van der Waals surface area contributed by atoms with Crippen LogP contribution in [0, 0.1) is 0 Å². The lowest BCUT2D eigenvalue weighted by Gasteiger charge is -2.18. The number of nitrogens with zero attached hydrogens (tertiary/aromatic N) is 4. The first-order valence-electron chi connectivity index (χ1n) is 5.93. The summed E-state index contributed by atoms with van der Waals surface area (Å²) < 4.78 is 2.52. The summed E-state index contributed by atoms with van der Waals surface area (Å²) in [5, 5.41) is 11.5. The molecule has 0 bridgehead atoms. The third kappa shape index (κ3) is 2.76. The van der Waals surface area contributed by atoms with Crippen LogP contribution in [0.2, 0.25) is 0 Å². The maximum Gasteiger partial charge on any atom is 0.153 e. The van der Waals surface area contributed by atoms with Gasteiger partial charge in [0, 0.05) is 13.2 Å². The first kappa shape index (κ1) is 13.2. The molecule has 0 fully saturated rings. The van der Waals surface area contributed by atoms with Gasteiger partial charge in [-0.15, -0.1) is 5.10 Å². The lowest BCUT2D eigenvalue weighted by atomic mass is 10.1. The summed E-state index contributed by atoms with van der Waals surface area (Å²) in [5.41, 5.74) is 1.96. The van der Waals surface area contributed by atoms with Crippen LogP contribution in [0.25, 0.3) is 0 Å². The fraction of sp³-hybridized carbons (Fsp3) is 0.417. The van der Waals surface area contributed by atoms with Gasteiger partial charge in [0.2, 0.25) is 0 Å². The zero-order valence-electron chi connectivity index (χ0n) is 10.5. The van der Waals surface area contributed by atoms with Crippen LogP contribution < -0.4 is 5.32 Å². The fourth-order valence-electron chi connectivity index (χ4n) is 1.82. The number of nitrogens with one attached hydrogen (secondary N) is 1. The van der Waals surface area contributed by atoms with Crippen LogP contribution in [0.4, 0.5) is 0 Å². The smallest absolute Gasteiger partial charge is 0.153 e. The predicted molar refractivity (Wildman–Crippen MR) is 73.1 cm³/mol. The average Bonchev–Trinajstić information content (AvgIpc) is 2.72. The van der Waals surface area contributed by atoms with Gasteiger partial charge in [-0.2, -0.15) is 0 Å².